The molecule has 0 aromatic rings. The fourth-order valence-corrected chi connectivity index (χ4v) is 10.5. The van der Waals surface area contributed by atoms with Crippen molar-refractivity contribution in [1.29, 1.82) is 0 Å². The molecule has 0 fully saturated rings. The first-order valence-electron chi connectivity index (χ1n) is 32.6. The molecule has 0 saturated carbocycles. The number of amides is 1. The zero-order chi connectivity index (χ0) is 55.0. The Hall–Kier alpha value is -1.51. The molecule has 9 nitrogen and oxygen atoms in total. The van der Waals surface area contributed by atoms with Crippen molar-refractivity contribution in [3.8, 4) is 0 Å². The summed E-state index contributed by atoms with van der Waals surface area (Å²) >= 11 is 0. The summed E-state index contributed by atoms with van der Waals surface area (Å²) in [5.74, 6) is -0.524. The van der Waals surface area contributed by atoms with Gasteiger partial charge in [-0.15, -0.1) is 0 Å². The van der Waals surface area contributed by atoms with Gasteiger partial charge in [-0.1, -0.05) is 283 Å². The number of hydrogen-bond acceptors (Lipinski definition) is 7. The van der Waals surface area contributed by atoms with Crippen LogP contribution < -0.4 is 10.2 Å². The topological polar surface area (TPSA) is 114 Å². The van der Waals surface area contributed by atoms with Crippen LogP contribution in [0.5, 0.6) is 0 Å². The molecular weight excluding hydrogens is 952 g/mol. The van der Waals surface area contributed by atoms with Gasteiger partial charge in [0.25, 0.3) is 7.82 Å². The van der Waals surface area contributed by atoms with Crippen LogP contribution in [0.3, 0.4) is 0 Å². The summed E-state index contributed by atoms with van der Waals surface area (Å²) < 4.78 is 30.3. The third kappa shape index (κ3) is 57.0. The van der Waals surface area contributed by atoms with Crippen LogP contribution in [0.15, 0.2) is 24.3 Å². The number of esters is 1. The average Bonchev–Trinajstić information content (AvgIpc) is 3.37. The highest BCUT2D eigenvalue weighted by Gasteiger charge is 2.27. The van der Waals surface area contributed by atoms with Gasteiger partial charge in [0.1, 0.15) is 19.3 Å². The van der Waals surface area contributed by atoms with Crippen molar-refractivity contribution in [2.75, 3.05) is 40.9 Å². The van der Waals surface area contributed by atoms with Crippen LogP contribution in [0.4, 0.5) is 0 Å². The molecule has 0 aromatic carbocycles. The lowest BCUT2D eigenvalue weighted by Gasteiger charge is -2.30. The predicted molar refractivity (Wildman–Crippen MR) is 321 cm³/mol. The summed E-state index contributed by atoms with van der Waals surface area (Å²) in [5.41, 5.74) is 0. The van der Waals surface area contributed by atoms with Gasteiger partial charge in [-0.3, -0.25) is 14.2 Å². The molecule has 1 amide bonds. The lowest BCUT2D eigenvalue weighted by molar-refractivity contribution is -0.870. The highest BCUT2D eigenvalue weighted by atomic mass is 31.2. The highest BCUT2D eigenvalue weighted by molar-refractivity contribution is 7.45. The zero-order valence-electron chi connectivity index (χ0n) is 50.8. The van der Waals surface area contributed by atoms with Crippen molar-refractivity contribution in [2.45, 2.75) is 341 Å². The number of phosphoric acid groups is 1. The van der Waals surface area contributed by atoms with Crippen LogP contribution in [-0.2, 0) is 27.9 Å². The van der Waals surface area contributed by atoms with Gasteiger partial charge in [0, 0.05) is 12.8 Å². The van der Waals surface area contributed by atoms with Crippen molar-refractivity contribution < 1.29 is 37.3 Å². The molecule has 1 N–H and O–H groups in total. The summed E-state index contributed by atoms with van der Waals surface area (Å²) in [6.07, 6.45) is 65.7. The minimum absolute atomic E-state index is 0.0185. The number of carbonyl (C=O) groups excluding carboxylic acids is 2. The van der Waals surface area contributed by atoms with E-state index in [4.69, 9.17) is 13.8 Å². The second-order valence-corrected chi connectivity index (χ2v) is 25.0. The minimum atomic E-state index is -4.69. The SMILES string of the molecule is CCCCCCCC/C=C/CCCCCCCCCCCCCC(=O)OC(/C=C/CCCCCCCCCCC)C(COP(=O)([O-])OCC[N+](C)(C)C)NC(=O)CCCCCCCCCCCCCCCCCCC. The van der Waals surface area contributed by atoms with Gasteiger partial charge in [0.15, 0.2) is 0 Å². The molecule has 0 rings (SSSR count). The molecule has 0 radical (unpaired) electrons. The number of nitrogens with zero attached hydrogens (tertiary/aromatic N) is 1. The number of phosphoric ester groups is 1. The standard InChI is InChI=1S/C65H127N2O7P/c1-7-10-13-16-19-22-25-27-29-31-32-33-34-36-38-40-43-46-49-52-55-58-65(69)74-63(56-53-50-47-44-41-24-21-18-15-12-9-3)62(61-73-75(70,71)72-60-59-67(4,5)6)66-64(68)57-54-51-48-45-42-39-37-35-30-28-26-23-20-17-14-11-8-2/h27,29,53,56,62-63H,7-26,28,30-52,54-55,57-61H2,1-6H3,(H-,66,68,70,71)/b29-27+,56-53+. The van der Waals surface area contributed by atoms with Gasteiger partial charge in [-0.25, -0.2) is 0 Å². The van der Waals surface area contributed by atoms with E-state index in [2.05, 4.69) is 38.2 Å². The molecule has 3 atom stereocenters. The molecule has 0 heterocycles. The molecule has 75 heavy (non-hydrogen) atoms. The number of unbranched alkanes of at least 4 members (excludes halogenated alkanes) is 42. The zero-order valence-corrected chi connectivity index (χ0v) is 51.7. The summed E-state index contributed by atoms with van der Waals surface area (Å²) in [6, 6.07) is -0.882. The van der Waals surface area contributed by atoms with E-state index in [0.29, 0.717) is 17.4 Å². The van der Waals surface area contributed by atoms with Gasteiger partial charge < -0.3 is 28.5 Å². The number of allylic oxidation sites excluding steroid dienone is 3. The Kier molecular flexibility index (Phi) is 54.7. The maximum atomic E-state index is 13.5. The normalized spacial score (nSPS) is 13.7. The molecule has 3 unspecified atom stereocenters. The van der Waals surface area contributed by atoms with Crippen molar-refractivity contribution >= 4 is 19.7 Å². The molecule has 0 aliphatic rings. The van der Waals surface area contributed by atoms with E-state index in [-0.39, 0.29) is 31.5 Å². The van der Waals surface area contributed by atoms with Gasteiger partial charge in [-0.2, -0.15) is 0 Å². The predicted octanol–water partition coefficient (Wildman–Crippen LogP) is 19.5. The van der Waals surface area contributed by atoms with Crippen LogP contribution in [0, 0.1) is 0 Å². The van der Waals surface area contributed by atoms with Gasteiger partial charge in [-0.05, 0) is 57.4 Å². The van der Waals surface area contributed by atoms with Crippen molar-refractivity contribution in [1.82, 2.24) is 5.32 Å². The number of rotatable bonds is 60. The quantitative estimate of drug-likeness (QED) is 0.0212. The van der Waals surface area contributed by atoms with E-state index in [1.165, 1.54) is 238 Å². The number of quaternary nitrogens is 1. The van der Waals surface area contributed by atoms with Crippen LogP contribution in [-0.4, -0.2) is 69.4 Å². The molecule has 0 spiro atoms. The average molecular weight is 1080 g/mol. The number of likely N-dealkylation sites (N-methyl/N-ethyl adjacent to an activating group) is 1. The van der Waals surface area contributed by atoms with Gasteiger partial charge >= 0.3 is 5.97 Å². The second-order valence-electron chi connectivity index (χ2n) is 23.6. The van der Waals surface area contributed by atoms with E-state index in [1.54, 1.807) is 0 Å². The van der Waals surface area contributed by atoms with Crippen LogP contribution in [0.1, 0.15) is 329 Å². The minimum Gasteiger partial charge on any atom is -0.756 e. The summed E-state index contributed by atoms with van der Waals surface area (Å²) in [6.45, 7) is 6.88. The molecular formula is C65H127N2O7P. The monoisotopic (exact) mass is 1080 g/mol. The van der Waals surface area contributed by atoms with E-state index in [1.807, 2.05) is 33.3 Å². The third-order valence-corrected chi connectivity index (χ3v) is 15.8. The Balaban J connectivity index is 5.11. The first-order valence-corrected chi connectivity index (χ1v) is 34.1. The van der Waals surface area contributed by atoms with Gasteiger partial charge in [0.2, 0.25) is 5.91 Å². The Labute approximate surface area is 466 Å². The number of ether oxygens (including phenoxy) is 1. The van der Waals surface area contributed by atoms with Crippen LogP contribution in [0.2, 0.25) is 0 Å². The van der Waals surface area contributed by atoms with E-state index in [9.17, 15) is 19.0 Å². The van der Waals surface area contributed by atoms with Crippen LogP contribution >= 0.6 is 7.82 Å². The molecule has 444 valence electrons. The number of carbonyl (C=O) groups is 2. The van der Waals surface area contributed by atoms with E-state index < -0.39 is 20.0 Å². The molecule has 0 aliphatic carbocycles. The molecule has 0 aliphatic heterocycles. The molecule has 0 aromatic heterocycles. The van der Waals surface area contributed by atoms with Crippen molar-refractivity contribution in [2.24, 2.45) is 0 Å². The van der Waals surface area contributed by atoms with Gasteiger partial charge in [0.05, 0.1) is 33.8 Å². The number of nitrogens with one attached hydrogen (secondary N) is 1. The largest absolute Gasteiger partial charge is 0.756 e. The summed E-state index contributed by atoms with van der Waals surface area (Å²) in [7, 11) is 1.20. The van der Waals surface area contributed by atoms with Crippen molar-refractivity contribution in [3.63, 3.8) is 0 Å². The lowest BCUT2D eigenvalue weighted by Crippen LogP contribution is -2.47. The van der Waals surface area contributed by atoms with Crippen molar-refractivity contribution in [3.05, 3.63) is 24.3 Å². The lowest BCUT2D eigenvalue weighted by atomic mass is 10.0. The molecule has 0 saturated heterocycles. The fourth-order valence-electron chi connectivity index (χ4n) is 9.81. The highest BCUT2D eigenvalue weighted by Crippen LogP contribution is 2.38. The summed E-state index contributed by atoms with van der Waals surface area (Å²) in [4.78, 5) is 40.0. The Morgan fingerprint density at radius 2 is 0.773 bits per heavy atom. The number of hydrogen-bond donors (Lipinski definition) is 1. The molecule has 10 heteroatoms. The first-order chi connectivity index (χ1) is 36.4. The maximum Gasteiger partial charge on any atom is 0.306 e. The van der Waals surface area contributed by atoms with E-state index >= 15 is 0 Å². The third-order valence-electron chi connectivity index (χ3n) is 14.9. The Morgan fingerprint density at radius 1 is 0.453 bits per heavy atom. The van der Waals surface area contributed by atoms with Crippen LogP contribution in [0.25, 0.3) is 0 Å². The Bertz CT molecular complexity index is 1340. The fraction of sp³-hybridized carbons (Fsp3) is 0.908. The second kappa shape index (κ2) is 55.8. The maximum absolute atomic E-state index is 13.5. The smallest absolute Gasteiger partial charge is 0.306 e. The molecule has 0 bridgehead atoms. The Morgan fingerprint density at radius 3 is 1.13 bits per heavy atom. The first kappa shape index (κ1) is 73.5. The van der Waals surface area contributed by atoms with E-state index in [0.717, 1.165) is 57.8 Å². The summed E-state index contributed by atoms with van der Waals surface area (Å²) in [5, 5.41) is 3.04.